The minimum atomic E-state index is 0.426. The summed E-state index contributed by atoms with van der Waals surface area (Å²) in [7, 11) is 0. The monoisotopic (exact) mass is 183 g/mol. The number of ketones is 1. The number of nitrogens with zero attached hydrogens (tertiary/aromatic N) is 1. The van der Waals surface area contributed by atoms with Crippen LogP contribution in [0.4, 0.5) is 0 Å². The first-order chi connectivity index (χ1) is 6.13. The molecule has 1 rings (SSSR count). The Labute approximate surface area is 81.3 Å². The van der Waals surface area contributed by atoms with Crippen molar-refractivity contribution in [1.82, 2.24) is 4.90 Å². The first kappa shape index (κ1) is 10.7. The summed E-state index contributed by atoms with van der Waals surface area (Å²) >= 11 is 0. The molecule has 1 saturated heterocycles. The molecule has 2 nitrogen and oxygen atoms in total. The molecule has 0 saturated carbocycles. The maximum Gasteiger partial charge on any atom is 0.132 e. The maximum atomic E-state index is 11.2. The van der Waals surface area contributed by atoms with Crippen molar-refractivity contribution in [3.05, 3.63) is 0 Å². The van der Waals surface area contributed by atoms with Gasteiger partial charge in [-0.15, -0.1) is 0 Å². The lowest BCUT2D eigenvalue weighted by Crippen LogP contribution is -2.28. The van der Waals surface area contributed by atoms with Crippen LogP contribution in [-0.2, 0) is 4.79 Å². The molecule has 0 aromatic rings. The Balaban J connectivity index is 2.29. The fourth-order valence-electron chi connectivity index (χ4n) is 1.96. The zero-order valence-corrected chi connectivity index (χ0v) is 9.05. The fourth-order valence-corrected chi connectivity index (χ4v) is 1.96. The van der Waals surface area contributed by atoms with Crippen molar-refractivity contribution in [2.45, 2.75) is 46.1 Å². The molecule has 0 bridgehead atoms. The van der Waals surface area contributed by atoms with Gasteiger partial charge in [-0.3, -0.25) is 4.79 Å². The number of carbonyl (C=O) groups excluding carboxylic acids is 1. The number of likely N-dealkylation sites (tertiary alicyclic amines) is 1. The molecule has 0 aliphatic carbocycles. The van der Waals surface area contributed by atoms with Gasteiger partial charge in [0.05, 0.1) is 0 Å². The largest absolute Gasteiger partial charge is 0.301 e. The van der Waals surface area contributed by atoms with Gasteiger partial charge in [0.15, 0.2) is 0 Å². The molecule has 0 aromatic carbocycles. The lowest BCUT2D eigenvalue weighted by Gasteiger charge is -2.19. The van der Waals surface area contributed by atoms with Gasteiger partial charge in [0.1, 0.15) is 5.78 Å². The van der Waals surface area contributed by atoms with E-state index < -0.39 is 0 Å². The molecule has 13 heavy (non-hydrogen) atoms. The molecule has 1 aliphatic rings. The molecule has 0 aromatic heterocycles. The zero-order chi connectivity index (χ0) is 9.84. The lowest BCUT2D eigenvalue weighted by atomic mass is 10.0. The first-order valence-electron chi connectivity index (χ1n) is 5.39. The van der Waals surface area contributed by atoms with Crippen LogP contribution in [0.5, 0.6) is 0 Å². The standard InChI is InChI=1S/C11H21NO/c1-4-11(13)7-10-5-6-12(8-10)9(2)3/h9-10H,4-8H2,1-3H3. The van der Waals surface area contributed by atoms with Crippen LogP contribution in [0.3, 0.4) is 0 Å². The summed E-state index contributed by atoms with van der Waals surface area (Å²) in [6.07, 6.45) is 2.72. The quantitative estimate of drug-likeness (QED) is 0.665. The summed E-state index contributed by atoms with van der Waals surface area (Å²) in [4.78, 5) is 13.7. The van der Waals surface area contributed by atoms with Gasteiger partial charge in [-0.25, -0.2) is 0 Å². The summed E-state index contributed by atoms with van der Waals surface area (Å²) in [6.45, 7) is 8.72. The van der Waals surface area contributed by atoms with Gasteiger partial charge in [-0.05, 0) is 32.7 Å². The van der Waals surface area contributed by atoms with E-state index in [4.69, 9.17) is 0 Å². The highest BCUT2D eigenvalue weighted by molar-refractivity contribution is 5.78. The zero-order valence-electron chi connectivity index (χ0n) is 9.05. The second-order valence-corrected chi connectivity index (χ2v) is 4.34. The Bertz CT molecular complexity index is 177. The van der Waals surface area contributed by atoms with Crippen LogP contribution in [0, 0.1) is 5.92 Å². The third kappa shape index (κ3) is 3.11. The normalized spacial score (nSPS) is 24.2. The Hall–Kier alpha value is -0.370. The predicted octanol–water partition coefficient (Wildman–Crippen LogP) is 2.09. The number of hydrogen-bond donors (Lipinski definition) is 0. The van der Waals surface area contributed by atoms with E-state index in [0.717, 1.165) is 13.0 Å². The van der Waals surface area contributed by atoms with E-state index >= 15 is 0 Å². The number of Topliss-reactive ketones (excluding diaryl/α,β-unsaturated/α-hetero) is 1. The van der Waals surface area contributed by atoms with Gasteiger partial charge in [0, 0.05) is 25.4 Å². The molecule has 0 N–H and O–H groups in total. The van der Waals surface area contributed by atoms with Gasteiger partial charge in [0.2, 0.25) is 0 Å². The topological polar surface area (TPSA) is 20.3 Å². The van der Waals surface area contributed by atoms with E-state index in [9.17, 15) is 4.79 Å². The van der Waals surface area contributed by atoms with E-state index in [-0.39, 0.29) is 0 Å². The van der Waals surface area contributed by atoms with Crippen molar-refractivity contribution in [2.75, 3.05) is 13.1 Å². The number of rotatable bonds is 4. The molecular weight excluding hydrogens is 162 g/mol. The summed E-state index contributed by atoms with van der Waals surface area (Å²) < 4.78 is 0. The van der Waals surface area contributed by atoms with Gasteiger partial charge in [-0.2, -0.15) is 0 Å². The van der Waals surface area contributed by atoms with Gasteiger partial charge in [-0.1, -0.05) is 6.92 Å². The number of hydrogen-bond acceptors (Lipinski definition) is 2. The second-order valence-electron chi connectivity index (χ2n) is 4.34. The van der Waals surface area contributed by atoms with E-state index in [1.165, 1.54) is 13.0 Å². The van der Waals surface area contributed by atoms with E-state index in [0.29, 0.717) is 24.2 Å². The van der Waals surface area contributed by atoms with E-state index in [1.54, 1.807) is 0 Å². The average Bonchev–Trinajstić information content (AvgIpc) is 2.52. The number of carbonyl (C=O) groups is 1. The Kier molecular flexibility index (Phi) is 3.91. The van der Waals surface area contributed by atoms with Crippen molar-refractivity contribution in [3.8, 4) is 0 Å². The SMILES string of the molecule is CCC(=O)CC1CCN(C(C)C)C1. The summed E-state index contributed by atoms with van der Waals surface area (Å²) in [5, 5.41) is 0. The first-order valence-corrected chi connectivity index (χ1v) is 5.39. The third-order valence-corrected chi connectivity index (χ3v) is 2.96. The maximum absolute atomic E-state index is 11.2. The van der Waals surface area contributed by atoms with Gasteiger partial charge < -0.3 is 4.90 Å². The Morgan fingerprint density at radius 1 is 1.54 bits per heavy atom. The fraction of sp³-hybridized carbons (Fsp3) is 0.909. The molecule has 1 unspecified atom stereocenters. The molecule has 1 fully saturated rings. The predicted molar refractivity (Wildman–Crippen MR) is 54.7 cm³/mol. The van der Waals surface area contributed by atoms with Crippen LogP contribution in [-0.4, -0.2) is 29.8 Å². The molecule has 1 atom stereocenters. The summed E-state index contributed by atoms with van der Waals surface area (Å²) in [5.41, 5.74) is 0. The molecule has 0 spiro atoms. The van der Waals surface area contributed by atoms with Crippen LogP contribution in [0.15, 0.2) is 0 Å². The van der Waals surface area contributed by atoms with Crippen molar-refractivity contribution >= 4 is 5.78 Å². The molecule has 1 heterocycles. The molecule has 76 valence electrons. The van der Waals surface area contributed by atoms with Gasteiger partial charge in [0.25, 0.3) is 0 Å². The molecule has 0 radical (unpaired) electrons. The summed E-state index contributed by atoms with van der Waals surface area (Å²) in [5.74, 6) is 1.06. The minimum Gasteiger partial charge on any atom is -0.301 e. The van der Waals surface area contributed by atoms with Crippen molar-refractivity contribution < 1.29 is 4.79 Å². The van der Waals surface area contributed by atoms with E-state index in [1.807, 2.05) is 6.92 Å². The van der Waals surface area contributed by atoms with E-state index in [2.05, 4.69) is 18.7 Å². The third-order valence-electron chi connectivity index (χ3n) is 2.96. The van der Waals surface area contributed by atoms with Gasteiger partial charge >= 0.3 is 0 Å². The van der Waals surface area contributed by atoms with Crippen molar-refractivity contribution in [3.63, 3.8) is 0 Å². The van der Waals surface area contributed by atoms with Crippen LogP contribution in [0.1, 0.15) is 40.0 Å². The van der Waals surface area contributed by atoms with Crippen molar-refractivity contribution in [2.24, 2.45) is 5.92 Å². The van der Waals surface area contributed by atoms with Crippen LogP contribution in [0.2, 0.25) is 0 Å². The molecule has 0 amide bonds. The highest BCUT2D eigenvalue weighted by Crippen LogP contribution is 2.21. The molecule has 1 aliphatic heterocycles. The highest BCUT2D eigenvalue weighted by Gasteiger charge is 2.25. The lowest BCUT2D eigenvalue weighted by molar-refractivity contribution is -0.119. The van der Waals surface area contributed by atoms with Crippen LogP contribution < -0.4 is 0 Å². The highest BCUT2D eigenvalue weighted by atomic mass is 16.1. The smallest absolute Gasteiger partial charge is 0.132 e. The Morgan fingerprint density at radius 2 is 2.23 bits per heavy atom. The van der Waals surface area contributed by atoms with Crippen LogP contribution >= 0.6 is 0 Å². The van der Waals surface area contributed by atoms with Crippen molar-refractivity contribution in [1.29, 1.82) is 0 Å². The van der Waals surface area contributed by atoms with Crippen LogP contribution in [0.25, 0.3) is 0 Å². The minimum absolute atomic E-state index is 0.426. The molecular formula is C11H21NO. The average molecular weight is 183 g/mol. The molecule has 2 heteroatoms. The Morgan fingerprint density at radius 3 is 2.69 bits per heavy atom. The second kappa shape index (κ2) is 4.75. The summed E-state index contributed by atoms with van der Waals surface area (Å²) in [6, 6.07) is 0.640.